The van der Waals surface area contributed by atoms with Crippen molar-refractivity contribution in [2.45, 2.75) is 37.6 Å². The highest BCUT2D eigenvalue weighted by molar-refractivity contribution is 7.89. The SMILES string of the molecule is O=S(=O)(CCCC(F)(F)F)N[C@H]1c2ccccc2C[C@H]1O. The lowest BCUT2D eigenvalue weighted by molar-refractivity contribution is -0.134. The maximum Gasteiger partial charge on any atom is 0.389 e. The maximum atomic E-state index is 12.0. The Kier molecular flexibility index (Phi) is 4.60. The first kappa shape index (κ1) is 16.3. The van der Waals surface area contributed by atoms with Gasteiger partial charge in [0.25, 0.3) is 0 Å². The van der Waals surface area contributed by atoms with Crippen molar-refractivity contribution in [3.05, 3.63) is 35.4 Å². The summed E-state index contributed by atoms with van der Waals surface area (Å²) in [6.07, 6.45) is -6.58. The third-order valence-corrected chi connectivity index (χ3v) is 4.82. The highest BCUT2D eigenvalue weighted by Gasteiger charge is 2.34. The van der Waals surface area contributed by atoms with E-state index < -0.39 is 46.9 Å². The zero-order valence-corrected chi connectivity index (χ0v) is 11.9. The predicted octanol–water partition coefficient (Wildman–Crippen LogP) is 1.91. The topological polar surface area (TPSA) is 66.4 Å². The normalized spacial score (nSPS) is 22.3. The van der Waals surface area contributed by atoms with Crippen LogP contribution in [0.1, 0.15) is 30.0 Å². The zero-order valence-electron chi connectivity index (χ0n) is 11.1. The van der Waals surface area contributed by atoms with Crippen LogP contribution in [-0.2, 0) is 16.4 Å². The Morgan fingerprint density at radius 2 is 1.95 bits per heavy atom. The van der Waals surface area contributed by atoms with Crippen LogP contribution >= 0.6 is 0 Å². The van der Waals surface area contributed by atoms with Crippen molar-refractivity contribution in [3.8, 4) is 0 Å². The smallest absolute Gasteiger partial charge is 0.389 e. The summed E-state index contributed by atoms with van der Waals surface area (Å²) in [5.74, 6) is -0.613. The molecule has 1 aromatic rings. The molecule has 2 atom stereocenters. The van der Waals surface area contributed by atoms with Crippen molar-refractivity contribution >= 4 is 10.0 Å². The average molecular weight is 323 g/mol. The number of hydrogen-bond acceptors (Lipinski definition) is 3. The Labute approximate surface area is 121 Å². The van der Waals surface area contributed by atoms with Crippen LogP contribution in [0, 0.1) is 0 Å². The Hall–Kier alpha value is -1.12. The first-order valence-corrected chi connectivity index (χ1v) is 8.16. The van der Waals surface area contributed by atoms with E-state index in [1.54, 1.807) is 24.3 Å². The fourth-order valence-electron chi connectivity index (χ4n) is 2.43. The number of sulfonamides is 1. The van der Waals surface area contributed by atoms with Crippen LogP contribution in [0.25, 0.3) is 0 Å². The second-order valence-electron chi connectivity index (χ2n) is 5.10. The fraction of sp³-hybridized carbons (Fsp3) is 0.538. The quantitative estimate of drug-likeness (QED) is 0.870. The second-order valence-corrected chi connectivity index (χ2v) is 6.98. The monoisotopic (exact) mass is 323 g/mol. The molecular weight excluding hydrogens is 307 g/mol. The molecule has 0 fully saturated rings. The third-order valence-electron chi connectivity index (χ3n) is 3.38. The highest BCUT2D eigenvalue weighted by Crippen LogP contribution is 2.32. The van der Waals surface area contributed by atoms with Gasteiger partial charge in [0.2, 0.25) is 10.0 Å². The van der Waals surface area contributed by atoms with Gasteiger partial charge in [-0.1, -0.05) is 24.3 Å². The van der Waals surface area contributed by atoms with E-state index in [1.165, 1.54) is 0 Å². The van der Waals surface area contributed by atoms with Crippen molar-refractivity contribution in [2.75, 3.05) is 5.75 Å². The van der Waals surface area contributed by atoms with Crippen LogP contribution in [0.5, 0.6) is 0 Å². The molecule has 0 amide bonds. The lowest BCUT2D eigenvalue weighted by Gasteiger charge is -2.18. The minimum absolute atomic E-state index is 0.325. The molecule has 0 unspecified atom stereocenters. The van der Waals surface area contributed by atoms with Gasteiger partial charge in [-0.3, -0.25) is 0 Å². The Bertz CT molecular complexity index is 601. The molecule has 0 saturated heterocycles. The van der Waals surface area contributed by atoms with Crippen LogP contribution in [0.3, 0.4) is 0 Å². The molecule has 0 radical (unpaired) electrons. The van der Waals surface area contributed by atoms with E-state index in [2.05, 4.69) is 4.72 Å². The standard InChI is InChI=1S/C13H16F3NO3S/c14-13(15,16)6-3-7-21(19,20)17-12-10-5-2-1-4-9(10)8-11(12)18/h1-2,4-5,11-12,17-18H,3,6-8H2/t11-,12+/m1/s1. The predicted molar refractivity (Wildman–Crippen MR) is 71.1 cm³/mol. The van der Waals surface area contributed by atoms with Crippen LogP contribution in [-0.4, -0.2) is 31.6 Å². The molecule has 21 heavy (non-hydrogen) atoms. The van der Waals surface area contributed by atoms with Gasteiger partial charge in [-0.05, 0) is 17.5 Å². The van der Waals surface area contributed by atoms with E-state index in [0.29, 0.717) is 12.0 Å². The fourth-order valence-corrected chi connectivity index (χ4v) is 3.74. The van der Waals surface area contributed by atoms with Crippen LogP contribution < -0.4 is 4.72 Å². The first-order valence-electron chi connectivity index (χ1n) is 6.50. The minimum Gasteiger partial charge on any atom is -0.391 e. The molecule has 4 nitrogen and oxygen atoms in total. The summed E-state index contributed by atoms with van der Waals surface area (Å²) in [6.45, 7) is 0. The molecule has 1 aliphatic rings. The number of benzene rings is 1. The van der Waals surface area contributed by atoms with Crippen LogP contribution in [0.4, 0.5) is 13.2 Å². The van der Waals surface area contributed by atoms with Gasteiger partial charge in [0.15, 0.2) is 0 Å². The van der Waals surface area contributed by atoms with Crippen molar-refractivity contribution in [2.24, 2.45) is 0 Å². The molecule has 0 spiro atoms. The molecule has 0 heterocycles. The number of halogens is 3. The van der Waals surface area contributed by atoms with Crippen LogP contribution in [0.2, 0.25) is 0 Å². The van der Waals surface area contributed by atoms with E-state index in [0.717, 1.165) is 5.56 Å². The molecule has 0 bridgehead atoms. The van der Waals surface area contributed by atoms with Gasteiger partial charge in [0, 0.05) is 12.8 Å². The molecule has 1 aromatic carbocycles. The molecule has 2 rings (SSSR count). The van der Waals surface area contributed by atoms with Gasteiger partial charge in [0.1, 0.15) is 0 Å². The van der Waals surface area contributed by atoms with Gasteiger partial charge < -0.3 is 5.11 Å². The van der Waals surface area contributed by atoms with Gasteiger partial charge in [-0.15, -0.1) is 0 Å². The lowest BCUT2D eigenvalue weighted by Crippen LogP contribution is -2.35. The zero-order chi connectivity index (χ0) is 15.7. The number of nitrogens with one attached hydrogen (secondary N) is 1. The largest absolute Gasteiger partial charge is 0.391 e. The number of aliphatic hydroxyl groups excluding tert-OH is 1. The third kappa shape index (κ3) is 4.42. The highest BCUT2D eigenvalue weighted by atomic mass is 32.2. The average Bonchev–Trinajstić information content (AvgIpc) is 2.64. The van der Waals surface area contributed by atoms with E-state index in [9.17, 15) is 26.7 Å². The maximum absolute atomic E-state index is 12.0. The Balaban J connectivity index is 2.00. The summed E-state index contributed by atoms with van der Waals surface area (Å²) in [7, 11) is -3.87. The van der Waals surface area contributed by atoms with Crippen molar-refractivity contribution in [1.82, 2.24) is 4.72 Å². The van der Waals surface area contributed by atoms with E-state index >= 15 is 0 Å². The van der Waals surface area contributed by atoms with Crippen molar-refractivity contribution < 1.29 is 26.7 Å². The van der Waals surface area contributed by atoms with Gasteiger partial charge in [0.05, 0.1) is 17.9 Å². The lowest BCUT2D eigenvalue weighted by atomic mass is 10.1. The molecular formula is C13H16F3NO3S. The molecule has 0 aromatic heterocycles. The second kappa shape index (κ2) is 5.94. The summed E-state index contributed by atoms with van der Waals surface area (Å²) >= 11 is 0. The summed E-state index contributed by atoms with van der Waals surface area (Å²) < 4.78 is 62.1. The molecule has 8 heteroatoms. The molecule has 0 aliphatic heterocycles. The number of hydrogen-bond donors (Lipinski definition) is 2. The first-order chi connectivity index (χ1) is 9.68. The molecule has 0 saturated carbocycles. The van der Waals surface area contributed by atoms with Gasteiger partial charge in [-0.2, -0.15) is 13.2 Å². The van der Waals surface area contributed by atoms with Gasteiger partial charge in [-0.25, -0.2) is 13.1 Å². The molecule has 118 valence electrons. The number of rotatable bonds is 5. The van der Waals surface area contributed by atoms with E-state index in [1.807, 2.05) is 0 Å². The van der Waals surface area contributed by atoms with Crippen molar-refractivity contribution in [3.63, 3.8) is 0 Å². The van der Waals surface area contributed by atoms with Crippen LogP contribution in [0.15, 0.2) is 24.3 Å². The number of aliphatic hydroxyl groups is 1. The van der Waals surface area contributed by atoms with Crippen molar-refractivity contribution in [1.29, 1.82) is 0 Å². The number of alkyl halides is 3. The number of fused-ring (bicyclic) bond motifs is 1. The summed E-state index contributed by atoms with van der Waals surface area (Å²) in [5.41, 5.74) is 1.51. The minimum atomic E-state index is -4.37. The molecule has 2 N–H and O–H groups in total. The Morgan fingerprint density at radius 1 is 1.29 bits per heavy atom. The summed E-state index contributed by atoms with van der Waals surface area (Å²) in [6, 6.07) is 6.20. The summed E-state index contributed by atoms with van der Waals surface area (Å²) in [4.78, 5) is 0. The Morgan fingerprint density at radius 3 is 2.62 bits per heavy atom. The molecule has 1 aliphatic carbocycles. The van der Waals surface area contributed by atoms with E-state index in [-0.39, 0.29) is 0 Å². The van der Waals surface area contributed by atoms with E-state index in [4.69, 9.17) is 0 Å². The summed E-state index contributed by atoms with van der Waals surface area (Å²) in [5, 5.41) is 9.92. The van der Waals surface area contributed by atoms with Gasteiger partial charge >= 0.3 is 6.18 Å².